The van der Waals surface area contributed by atoms with Gasteiger partial charge in [-0.3, -0.25) is 0 Å². The maximum absolute atomic E-state index is 6.88. The first-order valence-corrected chi connectivity index (χ1v) is 18.2. The Labute approximate surface area is 297 Å². The van der Waals surface area contributed by atoms with Gasteiger partial charge < -0.3 is 14.4 Å². The van der Waals surface area contributed by atoms with Gasteiger partial charge in [0, 0.05) is 23.1 Å². The van der Waals surface area contributed by atoms with Crippen LogP contribution in [0.5, 0.6) is 23.0 Å². The van der Waals surface area contributed by atoms with E-state index in [1.54, 1.807) is 0 Å². The van der Waals surface area contributed by atoms with Crippen molar-refractivity contribution < 1.29 is 9.47 Å². The molecule has 0 amide bonds. The number of anilines is 3. The topological polar surface area (TPSA) is 21.7 Å². The normalized spacial score (nSPS) is 13.7. The fourth-order valence-electron chi connectivity index (χ4n) is 8.60. The Morgan fingerprint density at radius 1 is 0.440 bits per heavy atom. The van der Waals surface area contributed by atoms with E-state index in [-0.39, 0.29) is 13.4 Å². The molecule has 3 aliphatic rings. The molecular formula is C45H41B2NO2. The molecule has 5 heteroatoms. The van der Waals surface area contributed by atoms with Crippen LogP contribution in [-0.4, -0.2) is 13.4 Å². The summed E-state index contributed by atoms with van der Waals surface area (Å²) in [5.74, 6) is 4.74. The van der Waals surface area contributed by atoms with Crippen LogP contribution in [0.3, 0.4) is 0 Å². The standard InChI is InChI=1S/C45H41B2NO2/c1-27(2)30-23-32(28(3)4)44(33(24-30)29(5)6)47-35-18-11-13-21-40(35)49-42-26-43-36(25-37(42)47)46-34-17-10-12-19-38(34)48(31-15-8-7-9-16-31)39-20-14-22-41(50-43)45(39)46/h7-29H,1-6H3. The number of benzene rings is 6. The fourth-order valence-corrected chi connectivity index (χ4v) is 8.60. The third-order valence-electron chi connectivity index (χ3n) is 11.0. The molecule has 0 saturated carbocycles. The minimum atomic E-state index is 0.0155. The number of hydrogen-bond acceptors (Lipinski definition) is 3. The molecule has 0 unspecified atom stereocenters. The summed E-state index contributed by atoms with van der Waals surface area (Å²) < 4.78 is 13.7. The second-order valence-corrected chi connectivity index (χ2v) is 15.0. The molecule has 3 aliphatic heterocycles. The molecule has 50 heavy (non-hydrogen) atoms. The van der Waals surface area contributed by atoms with Crippen molar-refractivity contribution in [1.29, 1.82) is 0 Å². The Hall–Kier alpha value is -5.15. The van der Waals surface area contributed by atoms with Gasteiger partial charge >= 0.3 is 0 Å². The molecule has 0 N–H and O–H groups in total. The van der Waals surface area contributed by atoms with Crippen LogP contribution >= 0.6 is 0 Å². The van der Waals surface area contributed by atoms with E-state index < -0.39 is 0 Å². The maximum Gasteiger partial charge on any atom is 0.256 e. The van der Waals surface area contributed by atoms with Gasteiger partial charge in [-0.15, -0.1) is 0 Å². The van der Waals surface area contributed by atoms with Crippen molar-refractivity contribution in [3.8, 4) is 23.0 Å². The molecular weight excluding hydrogens is 608 g/mol. The first-order chi connectivity index (χ1) is 24.3. The first kappa shape index (κ1) is 30.9. The van der Waals surface area contributed by atoms with Crippen LogP contribution in [0.15, 0.2) is 121 Å². The van der Waals surface area contributed by atoms with Gasteiger partial charge in [-0.1, -0.05) is 126 Å². The van der Waals surface area contributed by atoms with Crippen molar-refractivity contribution in [2.75, 3.05) is 4.90 Å². The van der Waals surface area contributed by atoms with Crippen LogP contribution in [0, 0.1) is 0 Å². The number of ether oxygens (including phenoxy) is 2. The summed E-state index contributed by atoms with van der Waals surface area (Å²) in [6.07, 6.45) is 0. The molecule has 0 bridgehead atoms. The van der Waals surface area contributed by atoms with Gasteiger partial charge in [-0.25, -0.2) is 0 Å². The average molecular weight is 649 g/mol. The fraction of sp³-hybridized carbons (Fsp3) is 0.200. The van der Waals surface area contributed by atoms with Crippen molar-refractivity contribution >= 4 is 63.3 Å². The molecule has 0 aromatic heterocycles. The van der Waals surface area contributed by atoms with Crippen LogP contribution in [-0.2, 0) is 0 Å². The molecule has 0 radical (unpaired) electrons. The molecule has 0 saturated heterocycles. The van der Waals surface area contributed by atoms with E-state index in [2.05, 4.69) is 168 Å². The Bertz CT molecular complexity index is 2260. The molecule has 9 rings (SSSR count). The molecule has 3 nitrogen and oxygen atoms in total. The van der Waals surface area contributed by atoms with Crippen LogP contribution in [0.1, 0.15) is 76.0 Å². The van der Waals surface area contributed by atoms with Crippen molar-refractivity contribution in [1.82, 2.24) is 0 Å². The SMILES string of the molecule is CC(C)c1cc(C(C)C)c(B2c3ccccc3Oc3cc4c(cc32)B2c3ccccc3N(c3ccccc3)c3cccc(c32)O4)c(C(C)C)c1. The van der Waals surface area contributed by atoms with Crippen molar-refractivity contribution in [3.63, 3.8) is 0 Å². The van der Waals surface area contributed by atoms with Crippen LogP contribution < -0.4 is 47.2 Å². The van der Waals surface area contributed by atoms with Crippen LogP contribution in [0.4, 0.5) is 17.1 Å². The summed E-state index contributed by atoms with van der Waals surface area (Å²) in [5.41, 5.74) is 15.3. The number of nitrogens with zero attached hydrogens (tertiary/aromatic N) is 1. The monoisotopic (exact) mass is 649 g/mol. The predicted molar refractivity (Wildman–Crippen MR) is 212 cm³/mol. The van der Waals surface area contributed by atoms with E-state index in [4.69, 9.17) is 9.47 Å². The van der Waals surface area contributed by atoms with Gasteiger partial charge in [0.1, 0.15) is 23.0 Å². The lowest BCUT2D eigenvalue weighted by atomic mass is 9.31. The second kappa shape index (κ2) is 11.7. The second-order valence-electron chi connectivity index (χ2n) is 15.0. The van der Waals surface area contributed by atoms with E-state index in [0.29, 0.717) is 17.8 Å². The molecule has 0 spiro atoms. The number of fused-ring (bicyclic) bond motifs is 6. The average Bonchev–Trinajstić information content (AvgIpc) is 3.12. The maximum atomic E-state index is 6.88. The summed E-state index contributed by atoms with van der Waals surface area (Å²) in [5, 5.41) is 0. The number of para-hydroxylation sites is 3. The van der Waals surface area contributed by atoms with Crippen molar-refractivity contribution in [3.05, 3.63) is 138 Å². The third kappa shape index (κ3) is 4.66. The Balaban J connectivity index is 1.31. The van der Waals surface area contributed by atoms with Gasteiger partial charge in [0.25, 0.3) is 13.4 Å². The first-order valence-electron chi connectivity index (χ1n) is 18.2. The van der Waals surface area contributed by atoms with Crippen LogP contribution in [0.2, 0.25) is 0 Å². The lowest BCUT2D eigenvalue weighted by Gasteiger charge is -2.40. The minimum absolute atomic E-state index is 0.0155. The Kier molecular flexibility index (Phi) is 7.24. The quantitative estimate of drug-likeness (QED) is 0.176. The molecule has 0 fully saturated rings. The zero-order valence-corrected chi connectivity index (χ0v) is 29.7. The Morgan fingerprint density at radius 2 is 1.00 bits per heavy atom. The van der Waals surface area contributed by atoms with E-state index in [1.807, 2.05) is 0 Å². The van der Waals surface area contributed by atoms with Gasteiger partial charge in [0.05, 0.1) is 0 Å². The smallest absolute Gasteiger partial charge is 0.256 e. The lowest BCUT2D eigenvalue weighted by molar-refractivity contribution is 0.465. The zero-order chi connectivity index (χ0) is 34.3. The summed E-state index contributed by atoms with van der Waals surface area (Å²) in [6.45, 7) is 14.0. The van der Waals surface area contributed by atoms with Gasteiger partial charge in [-0.2, -0.15) is 0 Å². The van der Waals surface area contributed by atoms with Crippen molar-refractivity contribution in [2.24, 2.45) is 0 Å². The highest BCUT2D eigenvalue weighted by Gasteiger charge is 2.44. The largest absolute Gasteiger partial charge is 0.458 e. The molecule has 3 heterocycles. The van der Waals surface area contributed by atoms with Gasteiger partial charge in [0.15, 0.2) is 0 Å². The van der Waals surface area contributed by atoms with E-state index in [9.17, 15) is 0 Å². The van der Waals surface area contributed by atoms with E-state index in [1.165, 1.54) is 55.2 Å². The molecule has 0 aliphatic carbocycles. The highest BCUT2D eigenvalue weighted by molar-refractivity contribution is 7.01. The molecule has 6 aromatic rings. The molecule has 244 valence electrons. The zero-order valence-electron chi connectivity index (χ0n) is 29.7. The van der Waals surface area contributed by atoms with E-state index >= 15 is 0 Å². The molecule has 6 aromatic carbocycles. The van der Waals surface area contributed by atoms with E-state index in [0.717, 1.165) is 34.4 Å². The molecule has 0 atom stereocenters. The highest BCUT2D eigenvalue weighted by Crippen LogP contribution is 2.41. The van der Waals surface area contributed by atoms with Gasteiger partial charge in [0.2, 0.25) is 0 Å². The summed E-state index contributed by atoms with van der Waals surface area (Å²) in [4.78, 5) is 2.39. The Morgan fingerprint density at radius 3 is 1.68 bits per heavy atom. The third-order valence-corrected chi connectivity index (χ3v) is 11.0. The number of hydrogen-bond donors (Lipinski definition) is 0. The summed E-state index contributed by atoms with van der Waals surface area (Å²) in [6, 6.07) is 44.2. The minimum Gasteiger partial charge on any atom is -0.458 e. The lowest BCUT2D eigenvalue weighted by Crippen LogP contribution is -2.62. The van der Waals surface area contributed by atoms with Crippen molar-refractivity contribution in [2.45, 2.75) is 59.3 Å². The van der Waals surface area contributed by atoms with Crippen LogP contribution in [0.25, 0.3) is 0 Å². The summed E-state index contributed by atoms with van der Waals surface area (Å²) >= 11 is 0. The highest BCUT2D eigenvalue weighted by atomic mass is 16.5. The predicted octanol–water partition coefficient (Wildman–Crippen LogP) is 8.08. The van der Waals surface area contributed by atoms with Gasteiger partial charge in [-0.05, 0) is 98.2 Å². The summed E-state index contributed by atoms with van der Waals surface area (Å²) in [7, 11) is 0. The number of rotatable bonds is 5.